The van der Waals surface area contributed by atoms with E-state index in [1.807, 2.05) is 34.7 Å². The van der Waals surface area contributed by atoms with Crippen molar-refractivity contribution in [3.05, 3.63) is 17.0 Å². The highest BCUT2D eigenvalue weighted by atomic mass is 16.5. The van der Waals surface area contributed by atoms with Crippen LogP contribution in [0.15, 0.2) is 4.52 Å². The molecule has 0 aliphatic carbocycles. The molecule has 0 spiro atoms. The van der Waals surface area contributed by atoms with E-state index >= 15 is 0 Å². The van der Waals surface area contributed by atoms with Crippen LogP contribution in [0, 0.1) is 19.8 Å². The van der Waals surface area contributed by atoms with E-state index in [9.17, 15) is 4.79 Å². The van der Waals surface area contributed by atoms with Crippen molar-refractivity contribution < 1.29 is 9.32 Å². The molecule has 0 fully saturated rings. The van der Waals surface area contributed by atoms with Crippen molar-refractivity contribution in [3.8, 4) is 0 Å². The maximum Gasteiger partial charge on any atom is 0.225 e. The standard InChI is InChI=1S/C15H27N3O2/c1-10(7-6-8-11(2)16)15(19)18(5)9-14-12(3)17-20-13(14)4/h10-11H,6-9,16H2,1-5H3. The largest absolute Gasteiger partial charge is 0.361 e. The van der Waals surface area contributed by atoms with E-state index in [-0.39, 0.29) is 17.9 Å². The van der Waals surface area contributed by atoms with Gasteiger partial charge in [-0.05, 0) is 33.6 Å². The number of nitrogens with zero attached hydrogens (tertiary/aromatic N) is 2. The van der Waals surface area contributed by atoms with Gasteiger partial charge < -0.3 is 15.2 Å². The lowest BCUT2D eigenvalue weighted by atomic mass is 10.0. The molecule has 0 aliphatic heterocycles. The minimum atomic E-state index is 0.0271. The van der Waals surface area contributed by atoms with Crippen LogP contribution in [0.5, 0.6) is 0 Å². The highest BCUT2D eigenvalue weighted by Gasteiger charge is 2.20. The normalized spacial score (nSPS) is 14.1. The second-order valence-corrected chi connectivity index (χ2v) is 5.81. The number of aromatic nitrogens is 1. The fourth-order valence-corrected chi connectivity index (χ4v) is 2.29. The molecule has 1 aromatic heterocycles. The summed E-state index contributed by atoms with van der Waals surface area (Å²) in [6.07, 6.45) is 2.83. The van der Waals surface area contributed by atoms with Crippen LogP contribution in [0.4, 0.5) is 0 Å². The zero-order valence-electron chi connectivity index (χ0n) is 13.3. The Morgan fingerprint density at radius 3 is 2.50 bits per heavy atom. The second-order valence-electron chi connectivity index (χ2n) is 5.81. The maximum atomic E-state index is 12.3. The number of amides is 1. The van der Waals surface area contributed by atoms with Gasteiger partial charge in [0.05, 0.1) is 12.2 Å². The van der Waals surface area contributed by atoms with Crippen molar-refractivity contribution in [2.24, 2.45) is 11.7 Å². The molecule has 2 N–H and O–H groups in total. The zero-order chi connectivity index (χ0) is 15.3. The second kappa shape index (κ2) is 7.43. The molecule has 0 aliphatic rings. The molecule has 1 aromatic rings. The summed E-state index contributed by atoms with van der Waals surface area (Å²) < 4.78 is 5.13. The van der Waals surface area contributed by atoms with Crippen LogP contribution in [-0.2, 0) is 11.3 Å². The van der Waals surface area contributed by atoms with E-state index in [0.29, 0.717) is 6.54 Å². The van der Waals surface area contributed by atoms with Crippen molar-refractivity contribution in [2.45, 2.75) is 59.5 Å². The topological polar surface area (TPSA) is 72.4 Å². The molecular formula is C15H27N3O2. The van der Waals surface area contributed by atoms with Crippen molar-refractivity contribution in [3.63, 3.8) is 0 Å². The van der Waals surface area contributed by atoms with Gasteiger partial charge in [0.25, 0.3) is 0 Å². The van der Waals surface area contributed by atoms with Gasteiger partial charge in [0.2, 0.25) is 5.91 Å². The first-order valence-corrected chi connectivity index (χ1v) is 7.25. The van der Waals surface area contributed by atoms with Gasteiger partial charge in [0.1, 0.15) is 5.76 Å². The molecule has 0 radical (unpaired) electrons. The van der Waals surface area contributed by atoms with Crippen LogP contribution in [0.2, 0.25) is 0 Å². The number of hydrogen-bond acceptors (Lipinski definition) is 4. The highest BCUT2D eigenvalue weighted by molar-refractivity contribution is 5.78. The smallest absolute Gasteiger partial charge is 0.225 e. The van der Waals surface area contributed by atoms with E-state index in [1.54, 1.807) is 4.90 Å². The van der Waals surface area contributed by atoms with Gasteiger partial charge >= 0.3 is 0 Å². The van der Waals surface area contributed by atoms with Gasteiger partial charge in [-0.15, -0.1) is 0 Å². The first kappa shape index (κ1) is 16.7. The van der Waals surface area contributed by atoms with Crippen molar-refractivity contribution >= 4 is 5.91 Å². The van der Waals surface area contributed by atoms with Crippen LogP contribution >= 0.6 is 0 Å². The minimum absolute atomic E-state index is 0.0271. The molecule has 0 saturated carbocycles. The average molecular weight is 281 g/mol. The van der Waals surface area contributed by atoms with Gasteiger partial charge in [-0.3, -0.25) is 4.79 Å². The summed E-state index contributed by atoms with van der Waals surface area (Å²) in [5, 5.41) is 3.92. The first-order valence-electron chi connectivity index (χ1n) is 7.25. The Labute approximate surface area is 121 Å². The van der Waals surface area contributed by atoms with E-state index in [1.165, 1.54) is 0 Å². The zero-order valence-corrected chi connectivity index (χ0v) is 13.3. The Hall–Kier alpha value is -1.36. The predicted octanol–water partition coefficient (Wildman–Crippen LogP) is 2.40. The number of carbonyl (C=O) groups is 1. The highest BCUT2D eigenvalue weighted by Crippen LogP contribution is 2.17. The van der Waals surface area contributed by atoms with E-state index < -0.39 is 0 Å². The third-order valence-corrected chi connectivity index (χ3v) is 3.67. The molecule has 1 heterocycles. The lowest BCUT2D eigenvalue weighted by molar-refractivity contribution is -0.134. The van der Waals surface area contributed by atoms with Crippen molar-refractivity contribution in [1.82, 2.24) is 10.1 Å². The van der Waals surface area contributed by atoms with Crippen LogP contribution in [0.1, 0.15) is 50.1 Å². The average Bonchev–Trinajstić information content (AvgIpc) is 2.69. The lowest BCUT2D eigenvalue weighted by Crippen LogP contribution is -2.31. The Balaban J connectivity index is 2.50. The lowest BCUT2D eigenvalue weighted by Gasteiger charge is -2.21. The third-order valence-electron chi connectivity index (χ3n) is 3.67. The molecule has 114 valence electrons. The van der Waals surface area contributed by atoms with Gasteiger partial charge in [-0.25, -0.2) is 0 Å². The summed E-state index contributed by atoms with van der Waals surface area (Å²) in [5.41, 5.74) is 7.58. The molecule has 0 saturated heterocycles. The number of aryl methyl sites for hydroxylation is 2. The first-order chi connectivity index (χ1) is 9.32. The Bertz CT molecular complexity index is 421. The third kappa shape index (κ3) is 4.63. The van der Waals surface area contributed by atoms with Gasteiger partial charge in [-0.2, -0.15) is 0 Å². The molecule has 5 heteroatoms. The molecule has 20 heavy (non-hydrogen) atoms. The quantitative estimate of drug-likeness (QED) is 0.833. The van der Waals surface area contributed by atoms with Crippen LogP contribution in [0.25, 0.3) is 0 Å². The van der Waals surface area contributed by atoms with Crippen LogP contribution < -0.4 is 5.73 Å². The Morgan fingerprint density at radius 2 is 2.00 bits per heavy atom. The Kier molecular flexibility index (Phi) is 6.20. The van der Waals surface area contributed by atoms with E-state index in [4.69, 9.17) is 10.3 Å². The SMILES string of the molecule is Cc1noc(C)c1CN(C)C(=O)C(C)CCCC(C)N. The molecule has 1 amide bonds. The van der Waals surface area contributed by atoms with Crippen molar-refractivity contribution in [2.75, 3.05) is 7.05 Å². The molecule has 5 nitrogen and oxygen atoms in total. The summed E-state index contributed by atoms with van der Waals surface area (Å²) in [6, 6.07) is 0.206. The molecule has 2 atom stereocenters. The molecule has 1 rings (SSSR count). The number of carbonyl (C=O) groups excluding carboxylic acids is 1. The summed E-state index contributed by atoms with van der Waals surface area (Å²) in [6.45, 7) is 8.30. The molecule has 0 aromatic carbocycles. The summed E-state index contributed by atoms with van der Waals surface area (Å²) in [7, 11) is 1.83. The van der Waals surface area contributed by atoms with Crippen LogP contribution in [-0.4, -0.2) is 29.1 Å². The van der Waals surface area contributed by atoms with E-state index in [0.717, 1.165) is 36.3 Å². The predicted molar refractivity (Wildman–Crippen MR) is 79.1 cm³/mol. The van der Waals surface area contributed by atoms with E-state index in [2.05, 4.69) is 5.16 Å². The monoisotopic (exact) mass is 281 g/mol. The minimum Gasteiger partial charge on any atom is -0.361 e. The van der Waals surface area contributed by atoms with Gasteiger partial charge in [0, 0.05) is 24.6 Å². The summed E-state index contributed by atoms with van der Waals surface area (Å²) in [4.78, 5) is 14.1. The molecular weight excluding hydrogens is 254 g/mol. The van der Waals surface area contributed by atoms with Crippen molar-refractivity contribution in [1.29, 1.82) is 0 Å². The number of nitrogens with two attached hydrogens (primary N) is 1. The van der Waals surface area contributed by atoms with Gasteiger partial charge in [-0.1, -0.05) is 18.5 Å². The summed E-state index contributed by atoms with van der Waals surface area (Å²) in [5.74, 6) is 0.973. The maximum absolute atomic E-state index is 12.3. The molecule has 2 unspecified atom stereocenters. The Morgan fingerprint density at radius 1 is 1.35 bits per heavy atom. The number of hydrogen-bond donors (Lipinski definition) is 1. The fraction of sp³-hybridized carbons (Fsp3) is 0.733. The summed E-state index contributed by atoms with van der Waals surface area (Å²) >= 11 is 0. The fourth-order valence-electron chi connectivity index (χ4n) is 2.29. The van der Waals surface area contributed by atoms with Gasteiger partial charge in [0.15, 0.2) is 0 Å². The van der Waals surface area contributed by atoms with Crippen LogP contribution in [0.3, 0.4) is 0 Å². The number of rotatable bonds is 7. The molecule has 0 bridgehead atoms.